The molecule has 0 aromatic heterocycles. The summed E-state index contributed by atoms with van der Waals surface area (Å²) in [4.78, 5) is 2.23. The molecule has 1 saturated heterocycles. The lowest BCUT2D eigenvalue weighted by Gasteiger charge is -2.19. The van der Waals surface area contributed by atoms with E-state index < -0.39 is 10.0 Å². The van der Waals surface area contributed by atoms with Crippen molar-refractivity contribution < 1.29 is 22.3 Å². The van der Waals surface area contributed by atoms with Gasteiger partial charge in [-0.2, -0.15) is 0 Å². The molecular weight excluding hydrogens is 451 g/mol. The second kappa shape index (κ2) is 8.67. The number of sulfonamides is 1. The number of halogens is 2. The van der Waals surface area contributed by atoms with Gasteiger partial charge >= 0.3 is 0 Å². The molecule has 1 unspecified atom stereocenters. The highest BCUT2D eigenvalue weighted by molar-refractivity contribution is 9.10. The van der Waals surface area contributed by atoms with Crippen molar-refractivity contribution in [3.8, 4) is 11.5 Å². The maximum absolute atomic E-state index is 13.1. The highest BCUT2D eigenvalue weighted by Crippen LogP contribution is 2.35. The van der Waals surface area contributed by atoms with Crippen molar-refractivity contribution in [2.75, 3.05) is 38.8 Å². The standard InChI is InChI=1S/C19H22BrFN2O4S/c1-26-17-9-16(20)19(10-18(17)27-2)28(24,25)22-11-13-7-8-23(12-13)15-5-3-14(21)4-6-15/h3-6,9-10,13,22H,7-8,11-12H2,1-2H3. The van der Waals surface area contributed by atoms with Crippen LogP contribution in [0.5, 0.6) is 11.5 Å². The van der Waals surface area contributed by atoms with E-state index in [1.807, 2.05) is 0 Å². The molecule has 0 saturated carbocycles. The Morgan fingerprint density at radius 1 is 1.18 bits per heavy atom. The van der Waals surface area contributed by atoms with Crippen LogP contribution in [0.15, 0.2) is 45.8 Å². The molecule has 3 rings (SSSR count). The van der Waals surface area contributed by atoms with E-state index in [2.05, 4.69) is 25.6 Å². The number of hydrogen-bond donors (Lipinski definition) is 1. The molecule has 1 fully saturated rings. The van der Waals surface area contributed by atoms with Crippen molar-refractivity contribution >= 4 is 31.6 Å². The smallest absolute Gasteiger partial charge is 0.241 e. The van der Waals surface area contributed by atoms with Crippen LogP contribution in [0.4, 0.5) is 10.1 Å². The first-order valence-electron chi connectivity index (χ1n) is 8.75. The van der Waals surface area contributed by atoms with E-state index in [-0.39, 0.29) is 16.6 Å². The van der Waals surface area contributed by atoms with E-state index in [1.165, 1.54) is 32.4 Å². The monoisotopic (exact) mass is 472 g/mol. The van der Waals surface area contributed by atoms with Gasteiger partial charge in [-0.1, -0.05) is 0 Å². The van der Waals surface area contributed by atoms with Gasteiger partial charge in [-0.15, -0.1) is 0 Å². The van der Waals surface area contributed by atoms with Crippen molar-refractivity contribution in [2.24, 2.45) is 5.92 Å². The molecule has 6 nitrogen and oxygen atoms in total. The van der Waals surface area contributed by atoms with Gasteiger partial charge in [0.15, 0.2) is 11.5 Å². The molecule has 2 aromatic carbocycles. The molecular formula is C19H22BrFN2O4S. The third-order valence-corrected chi connectivity index (χ3v) is 7.15. The molecule has 0 amide bonds. The highest BCUT2D eigenvalue weighted by Gasteiger charge is 2.26. The third-order valence-electron chi connectivity index (χ3n) is 4.77. The lowest BCUT2D eigenvalue weighted by molar-refractivity contribution is 0.353. The Kier molecular flexibility index (Phi) is 6.47. The number of anilines is 1. The number of nitrogens with zero attached hydrogens (tertiary/aromatic N) is 1. The van der Waals surface area contributed by atoms with Gasteiger partial charge in [0.25, 0.3) is 0 Å². The van der Waals surface area contributed by atoms with Crippen LogP contribution in [0, 0.1) is 11.7 Å². The fourth-order valence-electron chi connectivity index (χ4n) is 3.23. The second-order valence-corrected chi connectivity index (χ2v) is 9.16. The summed E-state index contributed by atoms with van der Waals surface area (Å²) in [6.45, 7) is 1.83. The second-order valence-electron chi connectivity index (χ2n) is 6.57. The maximum Gasteiger partial charge on any atom is 0.241 e. The molecule has 28 heavy (non-hydrogen) atoms. The topological polar surface area (TPSA) is 67.9 Å². The lowest BCUT2D eigenvalue weighted by Crippen LogP contribution is -2.31. The Morgan fingerprint density at radius 3 is 2.46 bits per heavy atom. The van der Waals surface area contributed by atoms with Crippen LogP contribution in [0.25, 0.3) is 0 Å². The van der Waals surface area contributed by atoms with E-state index in [4.69, 9.17) is 9.47 Å². The molecule has 1 N–H and O–H groups in total. The van der Waals surface area contributed by atoms with Crippen molar-refractivity contribution in [3.63, 3.8) is 0 Å². The molecule has 1 atom stereocenters. The number of hydrogen-bond acceptors (Lipinski definition) is 5. The van der Waals surface area contributed by atoms with Gasteiger partial charge in [-0.25, -0.2) is 17.5 Å². The van der Waals surface area contributed by atoms with Crippen LogP contribution in [-0.2, 0) is 10.0 Å². The minimum Gasteiger partial charge on any atom is -0.493 e. The molecule has 0 radical (unpaired) electrons. The van der Waals surface area contributed by atoms with Gasteiger partial charge in [-0.05, 0) is 58.6 Å². The lowest BCUT2D eigenvalue weighted by atomic mass is 10.1. The molecule has 9 heteroatoms. The minimum absolute atomic E-state index is 0.0959. The van der Waals surface area contributed by atoms with Crippen molar-refractivity contribution in [1.82, 2.24) is 4.72 Å². The van der Waals surface area contributed by atoms with Crippen LogP contribution in [0.2, 0.25) is 0 Å². The molecule has 1 aliphatic heterocycles. The molecule has 2 aromatic rings. The van der Waals surface area contributed by atoms with Crippen molar-refractivity contribution in [1.29, 1.82) is 0 Å². The average Bonchev–Trinajstić information content (AvgIpc) is 3.15. The number of ether oxygens (including phenoxy) is 2. The van der Waals surface area contributed by atoms with E-state index in [9.17, 15) is 12.8 Å². The van der Waals surface area contributed by atoms with Crippen LogP contribution in [0.3, 0.4) is 0 Å². The average molecular weight is 473 g/mol. The fourth-order valence-corrected chi connectivity index (χ4v) is 5.38. The Bertz CT molecular complexity index is 938. The normalized spacial score (nSPS) is 17.0. The van der Waals surface area contributed by atoms with E-state index in [0.29, 0.717) is 29.1 Å². The summed E-state index contributed by atoms with van der Waals surface area (Å²) in [5, 5.41) is 0. The largest absolute Gasteiger partial charge is 0.493 e. The van der Waals surface area contributed by atoms with Gasteiger partial charge in [0.2, 0.25) is 10.0 Å². The summed E-state index contributed by atoms with van der Waals surface area (Å²) in [6.07, 6.45) is 0.854. The Morgan fingerprint density at radius 2 is 1.82 bits per heavy atom. The molecule has 0 bridgehead atoms. The first-order valence-corrected chi connectivity index (χ1v) is 11.0. The van der Waals surface area contributed by atoms with Crippen molar-refractivity contribution in [3.05, 3.63) is 46.7 Å². The zero-order chi connectivity index (χ0) is 20.3. The molecule has 0 spiro atoms. The summed E-state index contributed by atoms with van der Waals surface area (Å²) in [5.74, 6) is 0.681. The van der Waals surface area contributed by atoms with E-state index in [1.54, 1.807) is 18.2 Å². The number of nitrogens with one attached hydrogen (secondary N) is 1. The first-order chi connectivity index (χ1) is 13.3. The third kappa shape index (κ3) is 4.59. The number of rotatable bonds is 7. The van der Waals surface area contributed by atoms with Crippen LogP contribution in [0.1, 0.15) is 6.42 Å². The van der Waals surface area contributed by atoms with E-state index >= 15 is 0 Å². The van der Waals surface area contributed by atoms with Gasteiger partial charge in [0.1, 0.15) is 10.7 Å². The molecule has 152 valence electrons. The molecule has 0 aliphatic carbocycles. The summed E-state index contributed by atoms with van der Waals surface area (Å²) in [6, 6.07) is 9.34. The van der Waals surface area contributed by atoms with Crippen LogP contribution >= 0.6 is 15.9 Å². The number of methoxy groups -OCH3 is 2. The van der Waals surface area contributed by atoms with E-state index in [0.717, 1.165) is 18.7 Å². The SMILES string of the molecule is COc1cc(Br)c(S(=O)(=O)NCC2CCN(c3ccc(F)cc3)C2)cc1OC. The zero-order valence-electron chi connectivity index (χ0n) is 15.6. The maximum atomic E-state index is 13.1. The van der Waals surface area contributed by atoms with Crippen LogP contribution < -0.4 is 19.1 Å². The molecule has 1 aliphatic rings. The Labute approximate surface area is 172 Å². The van der Waals surface area contributed by atoms with Crippen molar-refractivity contribution in [2.45, 2.75) is 11.3 Å². The first kappa shape index (κ1) is 20.9. The minimum atomic E-state index is -3.72. The summed E-state index contributed by atoms with van der Waals surface area (Å²) < 4.78 is 52.1. The highest BCUT2D eigenvalue weighted by atomic mass is 79.9. The van der Waals surface area contributed by atoms with Crippen LogP contribution in [-0.4, -0.2) is 42.3 Å². The fraction of sp³-hybridized carbons (Fsp3) is 0.368. The molecule has 1 heterocycles. The summed E-state index contributed by atoms with van der Waals surface area (Å²) >= 11 is 3.29. The predicted octanol–water partition coefficient (Wildman–Crippen LogP) is 3.41. The number of benzene rings is 2. The van der Waals surface area contributed by atoms with Gasteiger partial charge in [0.05, 0.1) is 14.2 Å². The summed E-state index contributed by atoms with van der Waals surface area (Å²) in [7, 11) is -0.778. The summed E-state index contributed by atoms with van der Waals surface area (Å²) in [5.41, 5.74) is 0.939. The van der Waals surface area contributed by atoms with Gasteiger partial charge in [-0.3, -0.25) is 0 Å². The predicted molar refractivity (Wildman–Crippen MR) is 109 cm³/mol. The van der Waals surface area contributed by atoms with Gasteiger partial charge < -0.3 is 14.4 Å². The Balaban J connectivity index is 1.66. The quantitative estimate of drug-likeness (QED) is 0.668. The van der Waals surface area contributed by atoms with Gasteiger partial charge in [0, 0.05) is 35.9 Å². The zero-order valence-corrected chi connectivity index (χ0v) is 18.0. The Hall–Kier alpha value is -1.84.